The Morgan fingerprint density at radius 1 is 0.759 bits per heavy atom. The molecule has 5 heterocycles. The lowest BCUT2D eigenvalue weighted by molar-refractivity contribution is -0.268. The molecule has 0 saturated carbocycles. The zero-order valence-electron chi connectivity index (χ0n) is 54.9. The number of ether oxygens (including phenoxy) is 5. The third kappa shape index (κ3) is 17.3. The summed E-state index contributed by atoms with van der Waals surface area (Å²) in [5.41, 5.74) is 2.09. The van der Waals surface area contributed by atoms with Crippen LogP contribution in [0.2, 0.25) is 54.4 Å². The van der Waals surface area contributed by atoms with E-state index >= 15 is 8.42 Å². The van der Waals surface area contributed by atoms with Gasteiger partial charge in [-0.15, -0.1) is 0 Å². The predicted molar refractivity (Wildman–Crippen MR) is 354 cm³/mol. The van der Waals surface area contributed by atoms with Gasteiger partial charge in [-0.05, 0) is 163 Å². The molecule has 2 N–H and O–H groups in total. The quantitative estimate of drug-likeness (QED) is 0.0545. The molecule has 19 atom stereocenters. The van der Waals surface area contributed by atoms with Crippen molar-refractivity contribution in [1.82, 2.24) is 0 Å². The van der Waals surface area contributed by atoms with E-state index in [1.54, 1.807) is 24.3 Å². The van der Waals surface area contributed by atoms with E-state index in [1.807, 2.05) is 10.1 Å². The van der Waals surface area contributed by atoms with Gasteiger partial charge in [-0.25, -0.2) is 8.42 Å². The molecule has 17 heteroatoms. The van der Waals surface area contributed by atoms with Gasteiger partial charge >= 0.3 is 0 Å². The second-order valence-corrected chi connectivity index (χ2v) is 47.7. The Balaban J connectivity index is 1.38. The molecular weight excluding hydrogens is 1230 g/mol. The van der Waals surface area contributed by atoms with Crippen LogP contribution < -0.4 is 0 Å². The Kier molecular flexibility index (Phi) is 24.7. The van der Waals surface area contributed by atoms with Crippen LogP contribution >= 0.6 is 22.6 Å². The molecule has 0 aromatic heterocycles. The number of fused-ring (bicyclic) bond motifs is 1. The SMILES string of the molecule is C=C1C[C@H](CCCO)OC1CC[C@H]1C[C@@H](C)C(=C)[C@@H](CC2O[C@H](C[C@H](C)CC)[C@H](C)[C@H]2C(C(O)C[C@H]2CC[C@@H]3O[C@@H]([C@H](/C=C/I)O[Si](C)(C)C(C)(C)C)[C@@H](O[Si](C)(C)C(C)(C)C)[C@@H](O[Si](C)(C)C(C)(C)C)[C@H]3O2)S(=O)(=O)c2ccccc2)O1. The van der Waals surface area contributed by atoms with Crippen LogP contribution in [-0.2, 0) is 46.8 Å². The molecule has 0 aliphatic carbocycles. The van der Waals surface area contributed by atoms with Crippen molar-refractivity contribution in [3.05, 3.63) is 64.8 Å². The van der Waals surface area contributed by atoms with E-state index < -0.39 is 94.8 Å². The van der Waals surface area contributed by atoms with Crippen molar-refractivity contribution in [3.8, 4) is 0 Å². The summed E-state index contributed by atoms with van der Waals surface area (Å²) in [7, 11) is -11.7. The number of aliphatic hydroxyl groups excluding tert-OH is 2. The van der Waals surface area contributed by atoms with E-state index in [1.165, 1.54) is 0 Å². The smallest absolute Gasteiger partial charge is 0.193 e. The number of hydrogen-bond donors (Lipinski definition) is 2. The van der Waals surface area contributed by atoms with Gasteiger partial charge in [0.15, 0.2) is 34.8 Å². The van der Waals surface area contributed by atoms with Crippen molar-refractivity contribution in [2.45, 2.75) is 317 Å². The molecule has 12 nitrogen and oxygen atoms in total. The Morgan fingerprint density at radius 2 is 1.36 bits per heavy atom. The normalized spacial score (nSPS) is 33.3. The molecule has 5 aliphatic rings. The fourth-order valence-electron chi connectivity index (χ4n) is 12.7. The van der Waals surface area contributed by atoms with E-state index in [4.69, 9.17) is 37.0 Å². The molecule has 5 saturated heterocycles. The lowest BCUT2D eigenvalue weighted by atomic mass is 9.77. The average molecular weight is 1340 g/mol. The first kappa shape index (κ1) is 71.4. The van der Waals surface area contributed by atoms with Crippen LogP contribution in [-0.4, -0.2) is 141 Å². The standard InChI is InChI=1S/C66H115IO12SSi3/c1-22-42(2)37-55-46(6)58(57(75-55)41-56-45(5)43(3)38-48(73-56)30-32-52-44(4)39-47(72-52)27-26-36-68)63(80(70,71)50-28-24-23-25-29-50)51(69)40-49-31-33-53-59(74-49)61(78-82(18,19)65(10,11)12)62(79-83(20,21)66(13,14)15)60(76-53)54(34-35-67)77-81(16,17)64(7,8)9/h23-25,28-29,34-35,42-43,46-49,51-63,68-69H,4-5,22,26-27,30-33,36-41H2,1-3,6-21H3/b35-34+/t42-,43-,46+,47+,48+,49-,51?,52?,53+,54+,55-,56-,57?,58-,59+,60+,61+,62-,63?/m1/s1. The molecule has 0 bridgehead atoms. The molecule has 1 aromatic carbocycles. The summed E-state index contributed by atoms with van der Waals surface area (Å²) >= 11 is 2.30. The van der Waals surface area contributed by atoms with Crippen LogP contribution in [0.4, 0.5) is 0 Å². The zero-order valence-corrected chi connectivity index (χ0v) is 60.9. The monoisotopic (exact) mass is 1340 g/mol. The van der Waals surface area contributed by atoms with Crippen LogP contribution in [0.3, 0.4) is 0 Å². The first-order valence-electron chi connectivity index (χ1n) is 31.9. The van der Waals surface area contributed by atoms with Crippen LogP contribution in [0.15, 0.2) is 69.7 Å². The minimum Gasteiger partial charge on any atom is -0.408 e. The number of rotatable bonds is 25. The number of hydrogen-bond acceptors (Lipinski definition) is 12. The van der Waals surface area contributed by atoms with E-state index in [0.29, 0.717) is 31.6 Å². The van der Waals surface area contributed by atoms with Gasteiger partial charge in [0, 0.05) is 25.4 Å². The highest BCUT2D eigenvalue weighted by atomic mass is 127. The van der Waals surface area contributed by atoms with Gasteiger partial charge in [0.1, 0.15) is 24.4 Å². The van der Waals surface area contributed by atoms with Gasteiger partial charge in [-0.3, -0.25) is 0 Å². The average Bonchev–Trinajstić information content (AvgIpc) is 2.21. The van der Waals surface area contributed by atoms with E-state index in [-0.39, 0.29) is 81.5 Å². The van der Waals surface area contributed by atoms with Gasteiger partial charge in [0.2, 0.25) is 0 Å². The molecule has 0 radical (unpaired) electrons. The van der Waals surface area contributed by atoms with E-state index in [0.717, 1.165) is 56.1 Å². The third-order valence-electron chi connectivity index (χ3n) is 21.3. The molecule has 1 aromatic rings. The van der Waals surface area contributed by atoms with Crippen molar-refractivity contribution in [1.29, 1.82) is 0 Å². The first-order valence-corrected chi connectivity index (χ1v) is 43.4. The minimum atomic E-state index is -4.19. The largest absolute Gasteiger partial charge is 0.408 e. The van der Waals surface area contributed by atoms with Crippen molar-refractivity contribution < 1.29 is 55.6 Å². The summed E-state index contributed by atoms with van der Waals surface area (Å²) in [5, 5.41) is 21.2. The van der Waals surface area contributed by atoms with Gasteiger partial charge in [-0.2, -0.15) is 0 Å². The zero-order chi connectivity index (χ0) is 62.0. The molecule has 6 rings (SSSR count). The first-order chi connectivity index (χ1) is 38.4. The summed E-state index contributed by atoms with van der Waals surface area (Å²) in [6.07, 6.45) is 4.30. The molecule has 0 spiro atoms. The molecule has 83 heavy (non-hydrogen) atoms. The molecule has 476 valence electrons. The summed E-state index contributed by atoms with van der Waals surface area (Å²) in [4.78, 5) is 0.182. The predicted octanol–water partition coefficient (Wildman–Crippen LogP) is 15.5. The molecule has 5 aliphatic heterocycles. The number of halogens is 1. The number of sulfone groups is 1. The summed E-state index contributed by atoms with van der Waals surface area (Å²) in [6, 6.07) is 8.68. The third-order valence-corrected chi connectivity index (χ3v) is 37.4. The maximum absolute atomic E-state index is 15.8. The number of aliphatic hydroxyl groups is 2. The second-order valence-electron chi connectivity index (χ2n) is 30.6. The fraction of sp³-hybridized carbons (Fsp3) is 0.818. The van der Waals surface area contributed by atoms with Gasteiger partial charge < -0.3 is 47.2 Å². The maximum atomic E-state index is 15.8. The maximum Gasteiger partial charge on any atom is 0.193 e. The molecule has 4 unspecified atom stereocenters. The highest BCUT2D eigenvalue weighted by Crippen LogP contribution is 2.50. The number of benzene rings is 1. The van der Waals surface area contributed by atoms with Gasteiger partial charge in [0.05, 0.1) is 71.2 Å². The highest BCUT2D eigenvalue weighted by molar-refractivity contribution is 14.1. The van der Waals surface area contributed by atoms with Crippen molar-refractivity contribution >= 4 is 57.4 Å². The van der Waals surface area contributed by atoms with Crippen LogP contribution in [0.5, 0.6) is 0 Å². The van der Waals surface area contributed by atoms with Crippen LogP contribution in [0.25, 0.3) is 0 Å². The lowest BCUT2D eigenvalue weighted by Crippen LogP contribution is -2.69. The topological polar surface area (TPSA) is 148 Å². The highest BCUT2D eigenvalue weighted by Gasteiger charge is 2.59. The van der Waals surface area contributed by atoms with Gasteiger partial charge in [0.25, 0.3) is 0 Å². The Labute approximate surface area is 521 Å². The summed E-state index contributed by atoms with van der Waals surface area (Å²) in [5.74, 6) is -0.281. The Morgan fingerprint density at radius 3 is 1.94 bits per heavy atom. The minimum absolute atomic E-state index is 0.0483. The van der Waals surface area contributed by atoms with E-state index in [9.17, 15) is 10.2 Å². The van der Waals surface area contributed by atoms with Crippen LogP contribution in [0.1, 0.15) is 167 Å². The lowest BCUT2D eigenvalue weighted by Gasteiger charge is -2.56. The van der Waals surface area contributed by atoms with E-state index in [2.05, 4.69) is 171 Å². The summed E-state index contributed by atoms with van der Waals surface area (Å²) in [6.45, 7) is 52.0. The van der Waals surface area contributed by atoms with Crippen molar-refractivity contribution in [3.63, 3.8) is 0 Å². The molecule has 0 amide bonds. The molecule has 5 fully saturated rings. The fourth-order valence-corrected chi connectivity index (χ4v) is 19.2. The Hall–Kier alpha value is -0.629. The van der Waals surface area contributed by atoms with Crippen molar-refractivity contribution in [2.75, 3.05) is 6.61 Å². The second kappa shape index (κ2) is 28.7. The molecular formula is C66H115IO12SSi3. The summed E-state index contributed by atoms with van der Waals surface area (Å²) < 4.78 is 91.9. The van der Waals surface area contributed by atoms with Gasteiger partial charge in [-0.1, -0.05) is 150 Å². The Bertz CT molecular complexity index is 2400. The van der Waals surface area contributed by atoms with Crippen molar-refractivity contribution in [2.24, 2.45) is 23.7 Å². The van der Waals surface area contributed by atoms with Crippen LogP contribution in [0, 0.1) is 23.7 Å².